The van der Waals surface area contributed by atoms with E-state index in [1.54, 1.807) is 0 Å². The second-order valence-corrected chi connectivity index (χ2v) is 20.6. The summed E-state index contributed by atoms with van der Waals surface area (Å²) in [7, 11) is 0. The summed E-state index contributed by atoms with van der Waals surface area (Å²) in [5.74, 6) is 0. The van der Waals surface area contributed by atoms with Crippen LogP contribution in [0.5, 0.6) is 0 Å². The highest BCUT2D eigenvalue weighted by molar-refractivity contribution is 6.39. The zero-order valence-corrected chi connectivity index (χ0v) is 36.6. The lowest BCUT2D eigenvalue weighted by molar-refractivity contribution is 0.590. The number of pyridine rings is 1. The zero-order valence-electron chi connectivity index (χ0n) is 36.6. The third kappa shape index (κ3) is 4.96. The van der Waals surface area contributed by atoms with Crippen molar-refractivity contribution in [2.75, 3.05) is 4.90 Å². The number of aromatic nitrogens is 3. The third-order valence-corrected chi connectivity index (χ3v) is 13.6. The molecule has 0 aliphatic carbocycles. The van der Waals surface area contributed by atoms with Gasteiger partial charge in [0, 0.05) is 54.5 Å². The molecule has 0 unspecified atom stereocenters. The maximum atomic E-state index is 5.57. The van der Waals surface area contributed by atoms with Crippen molar-refractivity contribution < 1.29 is 0 Å². The summed E-state index contributed by atoms with van der Waals surface area (Å²) >= 11 is 0. The van der Waals surface area contributed by atoms with E-state index in [0.29, 0.717) is 0 Å². The molecule has 298 valence electrons. The van der Waals surface area contributed by atoms with E-state index in [1.165, 1.54) is 92.6 Å². The largest absolute Gasteiger partial charge is 0.308 e. The second-order valence-electron chi connectivity index (χ2n) is 20.6. The van der Waals surface area contributed by atoms with E-state index in [9.17, 15) is 0 Å². The minimum Gasteiger partial charge on any atom is -0.308 e. The van der Waals surface area contributed by atoms with Crippen LogP contribution >= 0.6 is 0 Å². The van der Waals surface area contributed by atoms with Gasteiger partial charge in [0.15, 0.2) is 0 Å². The van der Waals surface area contributed by atoms with E-state index in [4.69, 9.17) is 4.98 Å². The van der Waals surface area contributed by atoms with Crippen LogP contribution in [-0.4, -0.2) is 13.8 Å². The minimum atomic E-state index is -0.0895. The Hall–Kier alpha value is -6.65. The standard InChI is InChI=1S/C57H50N4/c1-55(2,3)34-24-25-45-40(27-34)42-28-35(56(4,5)6)30-44-49-50-47(32-58-54(49)61(45)51(42)44)60-52-43(41-26-33-18-16-17-23-39(33)48(50)53(41)60)29-36(57(7,8)9)31-46(52)59(37-19-12-10-13-20-37)38-21-14-11-15-22-38/h10-32H,1-9H3. The van der Waals surface area contributed by atoms with Crippen LogP contribution in [0.1, 0.15) is 79.0 Å². The molecule has 0 spiro atoms. The molecule has 0 aliphatic rings. The molecule has 0 N–H and O–H groups in total. The van der Waals surface area contributed by atoms with Crippen LogP contribution in [0.4, 0.5) is 17.1 Å². The van der Waals surface area contributed by atoms with Gasteiger partial charge in [-0.1, -0.05) is 129 Å². The first-order valence-corrected chi connectivity index (χ1v) is 21.8. The van der Waals surface area contributed by atoms with E-state index in [1.807, 2.05) is 0 Å². The van der Waals surface area contributed by atoms with Crippen molar-refractivity contribution in [1.29, 1.82) is 0 Å². The van der Waals surface area contributed by atoms with Crippen molar-refractivity contribution in [3.05, 3.63) is 156 Å². The van der Waals surface area contributed by atoms with Gasteiger partial charge in [-0.2, -0.15) is 0 Å². The van der Waals surface area contributed by atoms with Gasteiger partial charge in [-0.05, 0) is 110 Å². The van der Waals surface area contributed by atoms with Crippen molar-refractivity contribution in [2.24, 2.45) is 0 Å². The van der Waals surface area contributed by atoms with Crippen LogP contribution in [0.2, 0.25) is 0 Å². The highest BCUT2D eigenvalue weighted by Crippen LogP contribution is 2.52. The number of rotatable bonds is 3. The average Bonchev–Trinajstić information content (AvgIpc) is 3.96. The maximum Gasteiger partial charge on any atom is 0.146 e. The van der Waals surface area contributed by atoms with Crippen LogP contribution in [0.3, 0.4) is 0 Å². The Balaban J connectivity index is 1.34. The molecule has 0 radical (unpaired) electrons. The number of benzene rings is 7. The predicted octanol–water partition coefficient (Wildman–Crippen LogP) is 15.9. The van der Waals surface area contributed by atoms with Gasteiger partial charge in [0.05, 0.1) is 39.5 Å². The van der Waals surface area contributed by atoms with Gasteiger partial charge in [-0.3, -0.25) is 4.40 Å². The molecule has 0 amide bonds. The Morgan fingerprint density at radius 1 is 0.410 bits per heavy atom. The number of hydrogen-bond acceptors (Lipinski definition) is 2. The molecule has 5 heterocycles. The number of nitrogens with zero attached hydrogens (tertiary/aromatic N) is 4. The molecule has 61 heavy (non-hydrogen) atoms. The molecule has 4 nitrogen and oxygen atoms in total. The second kappa shape index (κ2) is 12.0. The Kier molecular flexibility index (Phi) is 7.13. The van der Waals surface area contributed by atoms with Gasteiger partial charge in [0.1, 0.15) is 5.65 Å². The maximum absolute atomic E-state index is 5.57. The number of fused-ring (bicyclic) bond motifs is 15. The van der Waals surface area contributed by atoms with Crippen molar-refractivity contribution in [3.8, 4) is 0 Å². The topological polar surface area (TPSA) is 24.9 Å². The lowest BCUT2D eigenvalue weighted by Crippen LogP contribution is -2.15. The smallest absolute Gasteiger partial charge is 0.146 e. The fraction of sp³-hybridized carbons (Fsp3) is 0.211. The molecular weight excluding hydrogens is 741 g/mol. The van der Waals surface area contributed by atoms with Crippen LogP contribution < -0.4 is 4.90 Å². The first-order valence-electron chi connectivity index (χ1n) is 21.8. The van der Waals surface area contributed by atoms with Crippen LogP contribution in [0.15, 0.2) is 140 Å². The van der Waals surface area contributed by atoms with Gasteiger partial charge >= 0.3 is 0 Å². The van der Waals surface area contributed by atoms with Crippen molar-refractivity contribution in [1.82, 2.24) is 13.8 Å². The van der Waals surface area contributed by atoms with E-state index in [-0.39, 0.29) is 16.2 Å². The summed E-state index contributed by atoms with van der Waals surface area (Å²) in [6, 6.07) is 50.1. The normalized spacial score (nSPS) is 13.3. The summed E-state index contributed by atoms with van der Waals surface area (Å²) in [4.78, 5) is 8.03. The summed E-state index contributed by atoms with van der Waals surface area (Å²) in [5.41, 5.74) is 14.4. The quantitative estimate of drug-likeness (QED) is 0.178. The first-order chi connectivity index (χ1) is 29.2. The Morgan fingerprint density at radius 2 is 0.967 bits per heavy atom. The zero-order chi connectivity index (χ0) is 41.9. The summed E-state index contributed by atoms with van der Waals surface area (Å²) < 4.78 is 5.04. The van der Waals surface area contributed by atoms with E-state index in [0.717, 1.165) is 28.2 Å². The van der Waals surface area contributed by atoms with Gasteiger partial charge in [-0.15, -0.1) is 0 Å². The highest BCUT2D eigenvalue weighted by Gasteiger charge is 2.31. The van der Waals surface area contributed by atoms with Crippen molar-refractivity contribution in [3.63, 3.8) is 0 Å². The molecular formula is C57H50N4. The third-order valence-electron chi connectivity index (χ3n) is 13.6. The molecule has 12 rings (SSSR count). The summed E-state index contributed by atoms with van der Waals surface area (Å²) in [6.45, 7) is 20.9. The van der Waals surface area contributed by atoms with Gasteiger partial charge in [0.25, 0.3) is 0 Å². The molecule has 12 aromatic rings. The number of anilines is 3. The predicted molar refractivity (Wildman–Crippen MR) is 262 cm³/mol. The first kappa shape index (κ1) is 36.2. The number of para-hydroxylation sites is 2. The molecule has 5 aromatic heterocycles. The summed E-state index contributed by atoms with van der Waals surface area (Å²) in [6.07, 6.45) is 2.18. The van der Waals surface area contributed by atoms with Crippen molar-refractivity contribution in [2.45, 2.75) is 78.6 Å². The molecule has 0 saturated heterocycles. The Bertz CT molecular complexity index is 3690. The molecule has 0 aliphatic heterocycles. The average molecular weight is 791 g/mol. The lowest BCUT2D eigenvalue weighted by Gasteiger charge is -2.29. The molecule has 7 aromatic carbocycles. The van der Waals surface area contributed by atoms with Gasteiger partial charge in [0.2, 0.25) is 0 Å². The van der Waals surface area contributed by atoms with Gasteiger partial charge < -0.3 is 9.30 Å². The van der Waals surface area contributed by atoms with Crippen LogP contribution in [-0.2, 0) is 16.2 Å². The molecule has 4 heteroatoms. The fourth-order valence-electron chi connectivity index (χ4n) is 10.4. The molecule has 0 bridgehead atoms. The molecule has 0 fully saturated rings. The fourth-order valence-corrected chi connectivity index (χ4v) is 10.4. The molecule has 0 atom stereocenters. The molecule has 0 saturated carbocycles. The van der Waals surface area contributed by atoms with Crippen LogP contribution in [0.25, 0.3) is 87.1 Å². The Morgan fingerprint density at radius 3 is 1.62 bits per heavy atom. The Labute approximate surface area is 356 Å². The minimum absolute atomic E-state index is 0.0350. The number of hydrogen-bond donors (Lipinski definition) is 0. The van der Waals surface area contributed by atoms with Crippen LogP contribution in [0, 0.1) is 0 Å². The monoisotopic (exact) mass is 790 g/mol. The van der Waals surface area contributed by atoms with E-state index in [2.05, 4.69) is 216 Å². The van der Waals surface area contributed by atoms with E-state index >= 15 is 0 Å². The van der Waals surface area contributed by atoms with E-state index < -0.39 is 0 Å². The summed E-state index contributed by atoms with van der Waals surface area (Å²) in [5, 5.41) is 12.7. The van der Waals surface area contributed by atoms with Gasteiger partial charge in [-0.25, -0.2) is 4.98 Å². The highest BCUT2D eigenvalue weighted by atomic mass is 15.2. The van der Waals surface area contributed by atoms with Crippen molar-refractivity contribution >= 4 is 104 Å². The SMILES string of the molecule is CC(C)(C)c1ccc2c(c1)c1cc(C(C)(C)C)cc3c4c5c6c7ccccc7cc7c8cc(C(C)(C)C)cc(N(c9ccccc9)c9ccccc9)c8n(c5cnc4n2c13)c76. The lowest BCUT2D eigenvalue weighted by atomic mass is 9.84.